The van der Waals surface area contributed by atoms with Crippen LogP contribution in [-0.2, 0) is 10.2 Å². The van der Waals surface area contributed by atoms with E-state index in [2.05, 4.69) is 4.98 Å². The van der Waals surface area contributed by atoms with Gasteiger partial charge in [0, 0.05) is 29.2 Å². The highest BCUT2D eigenvalue weighted by Gasteiger charge is 2.27. The Morgan fingerprint density at radius 2 is 1.76 bits per heavy atom. The Morgan fingerprint density at radius 1 is 1.08 bits per heavy atom. The molecule has 4 heteroatoms. The molecule has 2 aromatic carbocycles. The van der Waals surface area contributed by atoms with Crippen molar-refractivity contribution in [1.82, 2.24) is 4.98 Å². The van der Waals surface area contributed by atoms with Gasteiger partial charge in [0.05, 0.1) is 6.61 Å². The van der Waals surface area contributed by atoms with Crippen LogP contribution in [0.1, 0.15) is 25.1 Å². The molecule has 0 saturated heterocycles. The van der Waals surface area contributed by atoms with Crippen molar-refractivity contribution in [3.05, 3.63) is 69.9 Å². The van der Waals surface area contributed by atoms with Crippen molar-refractivity contribution in [2.75, 3.05) is 13.7 Å². The minimum atomic E-state index is -0.406. The molecule has 0 aliphatic heterocycles. The van der Waals surface area contributed by atoms with Crippen LogP contribution in [-0.4, -0.2) is 18.7 Å². The van der Waals surface area contributed by atoms with Crippen molar-refractivity contribution in [3.63, 3.8) is 0 Å². The lowest BCUT2D eigenvalue weighted by Gasteiger charge is -2.27. The Balaban J connectivity index is 2.42. The van der Waals surface area contributed by atoms with Crippen molar-refractivity contribution < 1.29 is 9.13 Å². The van der Waals surface area contributed by atoms with Gasteiger partial charge in [-0.1, -0.05) is 43.7 Å². The minimum absolute atomic E-state index is 0.122. The van der Waals surface area contributed by atoms with Crippen LogP contribution < -0.4 is 5.56 Å². The maximum atomic E-state index is 13.4. The second-order valence-corrected chi connectivity index (χ2v) is 7.08. The quantitative estimate of drug-likeness (QED) is 0.757. The number of aromatic amines is 1. The summed E-state index contributed by atoms with van der Waals surface area (Å²) in [4.78, 5) is 15.7. The molecule has 25 heavy (non-hydrogen) atoms. The fourth-order valence-electron chi connectivity index (χ4n) is 3.30. The first-order valence-electron chi connectivity index (χ1n) is 8.25. The summed E-state index contributed by atoms with van der Waals surface area (Å²) in [6.45, 7) is 6.46. The number of pyridine rings is 1. The highest BCUT2D eigenvalue weighted by molar-refractivity contribution is 5.97. The van der Waals surface area contributed by atoms with Crippen molar-refractivity contribution in [2.24, 2.45) is 0 Å². The molecule has 3 rings (SSSR count). The van der Waals surface area contributed by atoms with E-state index in [-0.39, 0.29) is 11.4 Å². The standard InChI is InChI=1S/C21H22FNO2/c1-13-5-10-16-17(11-13)20(24)23-19(21(2,3)12-25-4)18(16)14-6-8-15(22)9-7-14/h5-11H,12H2,1-4H3,(H,23,24). The first-order chi connectivity index (χ1) is 11.8. The van der Waals surface area contributed by atoms with Crippen molar-refractivity contribution in [3.8, 4) is 11.1 Å². The number of nitrogens with one attached hydrogen (secondary N) is 1. The van der Waals surface area contributed by atoms with Gasteiger partial charge in [0.25, 0.3) is 5.56 Å². The molecule has 130 valence electrons. The lowest BCUT2D eigenvalue weighted by Crippen LogP contribution is -2.29. The van der Waals surface area contributed by atoms with Gasteiger partial charge in [0.15, 0.2) is 0 Å². The number of hydrogen-bond acceptors (Lipinski definition) is 2. The number of benzene rings is 2. The molecule has 0 bridgehead atoms. The average Bonchev–Trinajstić information content (AvgIpc) is 2.56. The van der Waals surface area contributed by atoms with Crippen molar-refractivity contribution >= 4 is 10.8 Å². The molecule has 0 radical (unpaired) electrons. The number of H-pyrrole nitrogens is 1. The fourth-order valence-corrected chi connectivity index (χ4v) is 3.30. The first kappa shape index (κ1) is 17.4. The van der Waals surface area contributed by atoms with Crippen LogP contribution in [0, 0.1) is 12.7 Å². The number of methoxy groups -OCH3 is 1. The number of aryl methyl sites for hydroxylation is 1. The van der Waals surface area contributed by atoms with Crippen LogP contribution in [0.25, 0.3) is 21.9 Å². The van der Waals surface area contributed by atoms with E-state index in [0.29, 0.717) is 12.0 Å². The van der Waals surface area contributed by atoms with E-state index in [1.807, 2.05) is 39.0 Å². The molecule has 0 fully saturated rings. The van der Waals surface area contributed by atoms with Crippen LogP contribution in [0.2, 0.25) is 0 Å². The third kappa shape index (κ3) is 3.22. The van der Waals surface area contributed by atoms with Gasteiger partial charge < -0.3 is 9.72 Å². The van der Waals surface area contributed by atoms with E-state index in [4.69, 9.17) is 4.74 Å². The van der Waals surface area contributed by atoms with E-state index in [1.54, 1.807) is 19.2 Å². The Kier molecular flexibility index (Phi) is 4.48. The van der Waals surface area contributed by atoms with Gasteiger partial charge in [-0.05, 0) is 36.1 Å². The van der Waals surface area contributed by atoms with Crippen LogP contribution in [0.5, 0.6) is 0 Å². The average molecular weight is 339 g/mol. The second-order valence-electron chi connectivity index (χ2n) is 7.08. The van der Waals surface area contributed by atoms with Crippen LogP contribution in [0.3, 0.4) is 0 Å². The van der Waals surface area contributed by atoms with Crippen LogP contribution >= 0.6 is 0 Å². The summed E-state index contributed by atoms with van der Waals surface area (Å²) in [7, 11) is 1.64. The number of rotatable bonds is 4. The maximum absolute atomic E-state index is 13.4. The minimum Gasteiger partial charge on any atom is -0.384 e. The predicted molar refractivity (Wildman–Crippen MR) is 99.6 cm³/mol. The van der Waals surface area contributed by atoms with Gasteiger partial charge in [-0.3, -0.25) is 4.79 Å². The molecule has 0 atom stereocenters. The third-order valence-corrected chi connectivity index (χ3v) is 4.49. The number of fused-ring (bicyclic) bond motifs is 1. The molecule has 0 amide bonds. The summed E-state index contributed by atoms with van der Waals surface area (Å²) in [6.07, 6.45) is 0. The van der Waals surface area contributed by atoms with Crippen LogP contribution in [0.4, 0.5) is 4.39 Å². The monoisotopic (exact) mass is 339 g/mol. The molecule has 0 aliphatic carbocycles. The normalized spacial score (nSPS) is 11.9. The van der Waals surface area contributed by atoms with Crippen LogP contribution in [0.15, 0.2) is 47.3 Å². The summed E-state index contributed by atoms with van der Waals surface area (Å²) in [6, 6.07) is 12.2. The number of aromatic nitrogens is 1. The summed E-state index contributed by atoms with van der Waals surface area (Å²) in [5, 5.41) is 1.50. The zero-order valence-electron chi connectivity index (χ0n) is 14.9. The van der Waals surface area contributed by atoms with Gasteiger partial charge in [0.1, 0.15) is 5.82 Å². The molecule has 0 saturated carbocycles. The SMILES string of the molecule is COCC(C)(C)c1[nH]c(=O)c2cc(C)ccc2c1-c1ccc(F)cc1. The summed E-state index contributed by atoms with van der Waals surface area (Å²) in [5.41, 5.74) is 3.07. The molecule has 0 spiro atoms. The zero-order chi connectivity index (χ0) is 18.2. The van der Waals surface area contributed by atoms with E-state index in [1.165, 1.54) is 12.1 Å². The van der Waals surface area contributed by atoms with Crippen molar-refractivity contribution in [2.45, 2.75) is 26.2 Å². The van der Waals surface area contributed by atoms with E-state index in [9.17, 15) is 9.18 Å². The Hall–Kier alpha value is -2.46. The first-order valence-corrected chi connectivity index (χ1v) is 8.25. The third-order valence-electron chi connectivity index (χ3n) is 4.49. The van der Waals surface area contributed by atoms with Gasteiger partial charge in [0.2, 0.25) is 0 Å². The molecular formula is C21H22FNO2. The molecular weight excluding hydrogens is 317 g/mol. The molecule has 0 unspecified atom stereocenters. The number of halogens is 1. The van der Waals surface area contributed by atoms with E-state index < -0.39 is 5.41 Å². The molecule has 1 heterocycles. The van der Waals surface area contributed by atoms with Gasteiger partial charge >= 0.3 is 0 Å². The summed E-state index contributed by atoms with van der Waals surface area (Å²) < 4.78 is 18.8. The van der Waals surface area contributed by atoms with Gasteiger partial charge in [-0.15, -0.1) is 0 Å². The van der Waals surface area contributed by atoms with Crippen molar-refractivity contribution in [1.29, 1.82) is 0 Å². The number of ether oxygens (including phenoxy) is 1. The maximum Gasteiger partial charge on any atom is 0.256 e. The lowest BCUT2D eigenvalue weighted by atomic mass is 9.83. The van der Waals surface area contributed by atoms with Gasteiger partial charge in [-0.2, -0.15) is 0 Å². The Morgan fingerprint density at radius 3 is 2.40 bits per heavy atom. The molecule has 1 aromatic heterocycles. The Bertz CT molecular complexity index is 972. The Labute approximate surface area is 146 Å². The fraction of sp³-hybridized carbons (Fsp3) is 0.286. The zero-order valence-corrected chi connectivity index (χ0v) is 14.9. The summed E-state index contributed by atoms with van der Waals surface area (Å²) in [5.74, 6) is -0.286. The molecule has 3 aromatic rings. The highest BCUT2D eigenvalue weighted by Crippen LogP contribution is 2.36. The van der Waals surface area contributed by atoms with E-state index in [0.717, 1.165) is 27.8 Å². The highest BCUT2D eigenvalue weighted by atomic mass is 19.1. The lowest BCUT2D eigenvalue weighted by molar-refractivity contribution is 0.145. The molecule has 0 aliphatic rings. The van der Waals surface area contributed by atoms with E-state index >= 15 is 0 Å². The topological polar surface area (TPSA) is 42.1 Å². The smallest absolute Gasteiger partial charge is 0.256 e. The van der Waals surface area contributed by atoms with Gasteiger partial charge in [-0.25, -0.2) is 4.39 Å². The summed E-state index contributed by atoms with van der Waals surface area (Å²) >= 11 is 0. The molecule has 1 N–H and O–H groups in total. The largest absolute Gasteiger partial charge is 0.384 e. The predicted octanol–water partition coefficient (Wildman–Crippen LogP) is 4.57. The number of hydrogen-bond donors (Lipinski definition) is 1. The second kappa shape index (κ2) is 6.45. The molecule has 3 nitrogen and oxygen atoms in total.